The molecule has 0 nitrogen and oxygen atoms in total. The van der Waals surface area contributed by atoms with Gasteiger partial charge in [0.25, 0.3) is 0 Å². The van der Waals surface area contributed by atoms with Crippen molar-refractivity contribution in [3.63, 3.8) is 0 Å². The third kappa shape index (κ3) is 1.96. The van der Waals surface area contributed by atoms with Crippen molar-refractivity contribution in [1.82, 2.24) is 0 Å². The highest BCUT2D eigenvalue weighted by Gasteiger charge is 1.92. The summed E-state index contributed by atoms with van der Waals surface area (Å²) in [7, 11) is 0. The molecule has 0 atom stereocenters. The number of hydrogen-bond donors (Lipinski definition) is 0. The van der Waals surface area contributed by atoms with Gasteiger partial charge in [-0.2, -0.15) is 0 Å². The first kappa shape index (κ1) is 8.02. The Bertz CT molecular complexity index is 226. The average Bonchev–Trinajstić information content (AvgIpc) is 2.05. The molecule has 0 bridgehead atoms. The van der Waals surface area contributed by atoms with Gasteiger partial charge in [-0.3, -0.25) is 0 Å². The van der Waals surface area contributed by atoms with Crippen molar-refractivity contribution in [1.29, 1.82) is 0 Å². The molecular formula is C8H5Br2. The van der Waals surface area contributed by atoms with Crippen molar-refractivity contribution in [2.45, 2.75) is 0 Å². The number of rotatable bonds is 1. The van der Waals surface area contributed by atoms with E-state index in [1.165, 1.54) is 0 Å². The zero-order valence-corrected chi connectivity index (χ0v) is 8.31. The second kappa shape index (κ2) is 3.94. The fraction of sp³-hybridized carbons (Fsp3) is 0. The Morgan fingerprint density at radius 1 is 1.20 bits per heavy atom. The SMILES string of the molecule is Br/[C]=C(/Br)c1ccccc1. The van der Waals surface area contributed by atoms with Gasteiger partial charge in [0, 0.05) is 9.47 Å². The monoisotopic (exact) mass is 259 g/mol. The highest BCUT2D eigenvalue weighted by atomic mass is 79.9. The number of hydrogen-bond acceptors (Lipinski definition) is 0. The van der Waals surface area contributed by atoms with Crippen molar-refractivity contribution >= 4 is 36.3 Å². The summed E-state index contributed by atoms with van der Waals surface area (Å²) in [6.07, 6.45) is 0. The molecule has 0 fully saturated rings. The zero-order valence-electron chi connectivity index (χ0n) is 5.14. The maximum atomic E-state index is 3.34. The summed E-state index contributed by atoms with van der Waals surface area (Å²) in [6, 6.07) is 9.98. The summed E-state index contributed by atoms with van der Waals surface area (Å²) < 4.78 is 0.938. The summed E-state index contributed by atoms with van der Waals surface area (Å²) in [6.45, 7) is 0. The van der Waals surface area contributed by atoms with E-state index in [1.54, 1.807) is 0 Å². The molecule has 10 heavy (non-hydrogen) atoms. The zero-order chi connectivity index (χ0) is 7.40. The fourth-order valence-electron chi connectivity index (χ4n) is 0.639. The van der Waals surface area contributed by atoms with Crippen LogP contribution in [0, 0.1) is 4.99 Å². The molecule has 0 saturated carbocycles. The van der Waals surface area contributed by atoms with Gasteiger partial charge in [-0.15, -0.1) is 0 Å². The first-order valence-electron chi connectivity index (χ1n) is 2.79. The van der Waals surface area contributed by atoms with E-state index in [-0.39, 0.29) is 0 Å². The number of halogens is 2. The van der Waals surface area contributed by atoms with E-state index in [4.69, 9.17) is 0 Å². The van der Waals surface area contributed by atoms with Crippen LogP contribution in [0.4, 0.5) is 0 Å². The normalized spacial score (nSPS) is 11.6. The molecule has 0 aliphatic heterocycles. The lowest BCUT2D eigenvalue weighted by Crippen LogP contribution is -1.71. The summed E-state index contributed by atoms with van der Waals surface area (Å²) in [4.78, 5) is 2.83. The van der Waals surface area contributed by atoms with Crippen molar-refractivity contribution in [3.8, 4) is 0 Å². The molecule has 2 heteroatoms. The summed E-state index contributed by atoms with van der Waals surface area (Å²) in [5.74, 6) is 0. The molecule has 0 N–H and O–H groups in total. The van der Waals surface area contributed by atoms with Crippen LogP contribution in [-0.4, -0.2) is 0 Å². The Hall–Kier alpha value is -0.0800. The van der Waals surface area contributed by atoms with Crippen LogP contribution in [0.5, 0.6) is 0 Å². The Labute approximate surface area is 77.2 Å². The Morgan fingerprint density at radius 3 is 2.30 bits per heavy atom. The lowest BCUT2D eigenvalue weighted by atomic mass is 10.2. The van der Waals surface area contributed by atoms with Crippen LogP contribution in [0.2, 0.25) is 0 Å². The molecule has 0 aromatic heterocycles. The molecular weight excluding hydrogens is 256 g/mol. The molecule has 0 unspecified atom stereocenters. The predicted octanol–water partition coefficient (Wildman–Crippen LogP) is 3.58. The fourth-order valence-corrected chi connectivity index (χ4v) is 1.13. The van der Waals surface area contributed by atoms with E-state index in [9.17, 15) is 0 Å². The van der Waals surface area contributed by atoms with E-state index in [0.29, 0.717) is 0 Å². The predicted molar refractivity (Wildman–Crippen MR) is 50.9 cm³/mol. The lowest BCUT2D eigenvalue weighted by molar-refractivity contribution is 1.66. The minimum atomic E-state index is 0.938. The van der Waals surface area contributed by atoms with Gasteiger partial charge in [0.2, 0.25) is 0 Å². The Balaban J connectivity index is 2.96. The first-order chi connectivity index (χ1) is 4.84. The van der Waals surface area contributed by atoms with Gasteiger partial charge in [0.1, 0.15) is 0 Å². The van der Waals surface area contributed by atoms with E-state index >= 15 is 0 Å². The minimum Gasteiger partial charge on any atom is -0.0622 e. The molecule has 0 spiro atoms. The van der Waals surface area contributed by atoms with Crippen LogP contribution in [0.25, 0.3) is 4.48 Å². The summed E-state index contributed by atoms with van der Waals surface area (Å²) in [5, 5.41) is 0. The molecule has 0 aliphatic rings. The summed E-state index contributed by atoms with van der Waals surface area (Å²) >= 11 is 6.46. The standard InChI is InChI=1S/C8H5Br2/c9-6-8(10)7-4-2-1-3-5-7/h1-5H. The second-order valence-corrected chi connectivity index (χ2v) is 2.96. The molecule has 0 amide bonds. The second-order valence-electron chi connectivity index (χ2n) is 1.77. The first-order valence-corrected chi connectivity index (χ1v) is 4.37. The molecule has 1 rings (SSSR count). The van der Waals surface area contributed by atoms with Gasteiger partial charge in [-0.25, -0.2) is 0 Å². The smallest absolute Gasteiger partial charge is 0.0477 e. The van der Waals surface area contributed by atoms with Gasteiger partial charge >= 0.3 is 0 Å². The average molecular weight is 261 g/mol. The van der Waals surface area contributed by atoms with E-state index in [2.05, 4.69) is 36.8 Å². The van der Waals surface area contributed by atoms with E-state index in [0.717, 1.165) is 10.0 Å². The van der Waals surface area contributed by atoms with Crippen LogP contribution < -0.4 is 0 Å². The van der Waals surface area contributed by atoms with Crippen LogP contribution in [-0.2, 0) is 0 Å². The molecule has 0 aliphatic carbocycles. The highest BCUT2D eigenvalue weighted by Crippen LogP contribution is 2.20. The lowest BCUT2D eigenvalue weighted by Gasteiger charge is -1.93. The van der Waals surface area contributed by atoms with E-state index in [1.807, 2.05) is 30.3 Å². The van der Waals surface area contributed by atoms with Crippen molar-refractivity contribution < 1.29 is 0 Å². The van der Waals surface area contributed by atoms with Crippen molar-refractivity contribution in [3.05, 3.63) is 40.9 Å². The van der Waals surface area contributed by atoms with Crippen LogP contribution in [0.1, 0.15) is 5.56 Å². The number of benzene rings is 1. The molecule has 51 valence electrons. The van der Waals surface area contributed by atoms with Crippen LogP contribution in [0.3, 0.4) is 0 Å². The topological polar surface area (TPSA) is 0 Å². The van der Waals surface area contributed by atoms with Gasteiger partial charge in [-0.05, 0) is 37.4 Å². The minimum absolute atomic E-state index is 0.938. The Kier molecular flexibility index (Phi) is 3.16. The van der Waals surface area contributed by atoms with Gasteiger partial charge in [0.05, 0.1) is 0 Å². The molecule has 1 aromatic rings. The van der Waals surface area contributed by atoms with Crippen LogP contribution in [0.15, 0.2) is 30.3 Å². The van der Waals surface area contributed by atoms with E-state index < -0.39 is 0 Å². The largest absolute Gasteiger partial charge is 0.0622 e. The highest BCUT2D eigenvalue weighted by molar-refractivity contribution is 9.16. The Morgan fingerprint density at radius 2 is 1.80 bits per heavy atom. The van der Waals surface area contributed by atoms with Gasteiger partial charge < -0.3 is 0 Å². The molecule has 0 saturated heterocycles. The maximum absolute atomic E-state index is 3.34. The van der Waals surface area contributed by atoms with Crippen molar-refractivity contribution in [2.75, 3.05) is 0 Å². The van der Waals surface area contributed by atoms with Gasteiger partial charge in [-0.1, -0.05) is 30.3 Å². The van der Waals surface area contributed by atoms with Crippen molar-refractivity contribution in [2.24, 2.45) is 0 Å². The molecule has 0 heterocycles. The van der Waals surface area contributed by atoms with Crippen LogP contribution >= 0.6 is 31.9 Å². The third-order valence-corrected chi connectivity index (χ3v) is 2.69. The molecule has 1 radical (unpaired) electrons. The maximum Gasteiger partial charge on any atom is 0.0477 e. The van der Waals surface area contributed by atoms with Gasteiger partial charge in [0.15, 0.2) is 0 Å². The molecule has 1 aromatic carbocycles. The summed E-state index contributed by atoms with van der Waals surface area (Å²) in [5.41, 5.74) is 1.12. The third-order valence-electron chi connectivity index (χ3n) is 1.11. The quantitative estimate of drug-likeness (QED) is 0.724.